The summed E-state index contributed by atoms with van der Waals surface area (Å²) >= 11 is 0. The van der Waals surface area contributed by atoms with Gasteiger partial charge in [0.1, 0.15) is 11.5 Å². The normalized spacial score (nSPS) is 11.1. The second-order valence-corrected chi connectivity index (χ2v) is 6.20. The van der Waals surface area contributed by atoms with Crippen LogP contribution in [0.2, 0.25) is 0 Å². The molecule has 0 aromatic heterocycles. The molecule has 0 aliphatic rings. The Kier molecular flexibility index (Phi) is 5.19. The Bertz CT molecular complexity index is 654. The van der Waals surface area contributed by atoms with E-state index in [0.717, 1.165) is 5.75 Å². The van der Waals surface area contributed by atoms with Gasteiger partial charge in [0.2, 0.25) is 10.0 Å². The van der Waals surface area contributed by atoms with Crippen molar-refractivity contribution in [2.24, 2.45) is 0 Å². The first-order chi connectivity index (χ1) is 10.1. The molecule has 0 amide bonds. The summed E-state index contributed by atoms with van der Waals surface area (Å²) < 4.78 is 36.3. The molecule has 0 radical (unpaired) electrons. The van der Waals surface area contributed by atoms with E-state index in [9.17, 15) is 8.42 Å². The summed E-state index contributed by atoms with van der Waals surface area (Å²) in [6, 6.07) is 16.1. The van der Waals surface area contributed by atoms with Crippen molar-refractivity contribution in [2.75, 3.05) is 24.2 Å². The Hall–Kier alpha value is -2.05. The minimum absolute atomic E-state index is 0.0776. The third-order valence-electron chi connectivity index (χ3n) is 2.66. The summed E-state index contributed by atoms with van der Waals surface area (Å²) in [7, 11) is -1.92. The summed E-state index contributed by atoms with van der Waals surface area (Å²) in [4.78, 5) is 0. The van der Waals surface area contributed by atoms with Gasteiger partial charge in [0.25, 0.3) is 0 Å². The third kappa shape index (κ3) is 5.09. The number of ether oxygens (including phenoxy) is 2. The van der Waals surface area contributed by atoms with Crippen LogP contribution in [0.15, 0.2) is 54.6 Å². The smallest absolute Gasteiger partial charge is 0.234 e. The molecule has 6 heteroatoms. The van der Waals surface area contributed by atoms with Gasteiger partial charge in [-0.25, -0.2) is 8.42 Å². The van der Waals surface area contributed by atoms with Crippen LogP contribution in [0.3, 0.4) is 0 Å². The van der Waals surface area contributed by atoms with Crippen molar-refractivity contribution in [3.8, 4) is 11.5 Å². The quantitative estimate of drug-likeness (QED) is 0.854. The van der Waals surface area contributed by atoms with Gasteiger partial charge in [0.15, 0.2) is 0 Å². The predicted molar refractivity (Wildman–Crippen MR) is 82.2 cm³/mol. The SMILES string of the molecule is COCCS(=O)(=O)Nc1ccc(Oc2ccccc2)cc1. The third-order valence-corrected chi connectivity index (χ3v) is 3.91. The zero-order chi connectivity index (χ0) is 15.1. The minimum Gasteiger partial charge on any atom is -0.457 e. The molecule has 21 heavy (non-hydrogen) atoms. The van der Waals surface area contributed by atoms with Crippen LogP contribution < -0.4 is 9.46 Å². The Balaban J connectivity index is 1.99. The molecule has 0 atom stereocenters. The van der Waals surface area contributed by atoms with Gasteiger partial charge in [0, 0.05) is 12.8 Å². The first-order valence-electron chi connectivity index (χ1n) is 6.41. The highest BCUT2D eigenvalue weighted by atomic mass is 32.2. The summed E-state index contributed by atoms with van der Waals surface area (Å²) in [6.07, 6.45) is 0. The van der Waals surface area contributed by atoms with Crippen LogP contribution in [0.4, 0.5) is 5.69 Å². The van der Waals surface area contributed by atoms with Crippen molar-refractivity contribution in [2.45, 2.75) is 0 Å². The molecule has 0 aliphatic heterocycles. The molecular formula is C15H17NO4S. The van der Waals surface area contributed by atoms with Crippen LogP contribution in [0.5, 0.6) is 11.5 Å². The van der Waals surface area contributed by atoms with Crippen molar-refractivity contribution < 1.29 is 17.9 Å². The molecule has 0 unspecified atom stereocenters. The molecule has 0 fully saturated rings. The number of anilines is 1. The minimum atomic E-state index is -3.38. The number of hydrogen-bond donors (Lipinski definition) is 1. The summed E-state index contributed by atoms with van der Waals surface area (Å²) in [5, 5.41) is 0. The standard InChI is InChI=1S/C15H17NO4S/c1-19-11-12-21(17,18)16-13-7-9-15(10-8-13)20-14-5-3-2-4-6-14/h2-10,16H,11-12H2,1H3. The molecule has 112 valence electrons. The van der Waals surface area contributed by atoms with Crippen molar-refractivity contribution >= 4 is 15.7 Å². The van der Waals surface area contributed by atoms with E-state index < -0.39 is 10.0 Å². The number of rotatable bonds is 7. The van der Waals surface area contributed by atoms with E-state index >= 15 is 0 Å². The predicted octanol–water partition coefficient (Wildman–Crippen LogP) is 2.87. The van der Waals surface area contributed by atoms with Crippen molar-refractivity contribution in [3.05, 3.63) is 54.6 Å². The zero-order valence-corrected chi connectivity index (χ0v) is 12.5. The first kappa shape index (κ1) is 15.3. The monoisotopic (exact) mass is 307 g/mol. The maximum absolute atomic E-state index is 11.7. The van der Waals surface area contributed by atoms with Crippen molar-refractivity contribution in [3.63, 3.8) is 0 Å². The zero-order valence-electron chi connectivity index (χ0n) is 11.7. The van der Waals surface area contributed by atoms with Gasteiger partial charge < -0.3 is 9.47 Å². The highest BCUT2D eigenvalue weighted by Crippen LogP contribution is 2.22. The lowest BCUT2D eigenvalue weighted by Gasteiger charge is -2.09. The molecule has 0 saturated heterocycles. The highest BCUT2D eigenvalue weighted by molar-refractivity contribution is 7.92. The fourth-order valence-corrected chi connectivity index (χ4v) is 2.62. The van der Waals surface area contributed by atoms with Gasteiger partial charge in [-0.1, -0.05) is 18.2 Å². The Morgan fingerprint density at radius 2 is 1.57 bits per heavy atom. The molecule has 0 saturated carbocycles. The highest BCUT2D eigenvalue weighted by Gasteiger charge is 2.09. The number of benzene rings is 2. The number of hydrogen-bond acceptors (Lipinski definition) is 4. The van der Waals surface area contributed by atoms with Crippen LogP contribution in [0.1, 0.15) is 0 Å². The maximum Gasteiger partial charge on any atom is 0.234 e. The van der Waals surface area contributed by atoms with E-state index in [1.54, 1.807) is 24.3 Å². The number of sulfonamides is 1. The number of methoxy groups -OCH3 is 1. The van der Waals surface area contributed by atoms with Gasteiger partial charge in [-0.3, -0.25) is 4.72 Å². The van der Waals surface area contributed by atoms with E-state index in [4.69, 9.17) is 9.47 Å². The van der Waals surface area contributed by atoms with Gasteiger partial charge >= 0.3 is 0 Å². The van der Waals surface area contributed by atoms with Crippen molar-refractivity contribution in [1.82, 2.24) is 0 Å². The molecular weight excluding hydrogens is 290 g/mol. The topological polar surface area (TPSA) is 64.6 Å². The molecule has 2 aromatic carbocycles. The van der Waals surface area contributed by atoms with Crippen LogP contribution in [0, 0.1) is 0 Å². The van der Waals surface area contributed by atoms with E-state index in [1.165, 1.54) is 7.11 Å². The Morgan fingerprint density at radius 1 is 0.952 bits per heavy atom. The molecule has 0 bridgehead atoms. The lowest BCUT2D eigenvalue weighted by molar-refractivity contribution is 0.217. The average Bonchev–Trinajstić information content (AvgIpc) is 2.48. The van der Waals surface area contributed by atoms with Crippen LogP contribution in [-0.4, -0.2) is 27.9 Å². The lowest BCUT2D eigenvalue weighted by Crippen LogP contribution is -2.19. The molecule has 0 spiro atoms. The molecule has 2 aromatic rings. The van der Waals surface area contributed by atoms with Crippen molar-refractivity contribution in [1.29, 1.82) is 0 Å². The fraction of sp³-hybridized carbons (Fsp3) is 0.200. The van der Waals surface area contributed by atoms with Crippen LogP contribution >= 0.6 is 0 Å². The number of para-hydroxylation sites is 1. The summed E-state index contributed by atoms with van der Waals surface area (Å²) in [5.74, 6) is 1.29. The second kappa shape index (κ2) is 7.10. The molecule has 2 rings (SSSR count). The fourth-order valence-electron chi connectivity index (χ4n) is 1.64. The van der Waals surface area contributed by atoms with E-state index in [2.05, 4.69) is 4.72 Å². The molecule has 0 aliphatic carbocycles. The molecule has 1 N–H and O–H groups in total. The second-order valence-electron chi connectivity index (χ2n) is 4.35. The summed E-state index contributed by atoms with van der Waals surface area (Å²) in [6.45, 7) is 0.157. The van der Waals surface area contributed by atoms with Gasteiger partial charge in [0.05, 0.1) is 12.4 Å². The van der Waals surface area contributed by atoms with Crippen LogP contribution in [0.25, 0.3) is 0 Å². The maximum atomic E-state index is 11.7. The van der Waals surface area contributed by atoms with E-state index in [-0.39, 0.29) is 12.4 Å². The Labute approximate surface area is 124 Å². The van der Waals surface area contributed by atoms with Gasteiger partial charge in [-0.15, -0.1) is 0 Å². The van der Waals surface area contributed by atoms with Gasteiger partial charge in [-0.05, 0) is 36.4 Å². The number of nitrogens with one attached hydrogen (secondary N) is 1. The van der Waals surface area contributed by atoms with E-state index in [0.29, 0.717) is 11.4 Å². The lowest BCUT2D eigenvalue weighted by atomic mass is 10.3. The van der Waals surface area contributed by atoms with Crippen LogP contribution in [-0.2, 0) is 14.8 Å². The Morgan fingerprint density at radius 3 is 2.19 bits per heavy atom. The molecule has 0 heterocycles. The van der Waals surface area contributed by atoms with E-state index in [1.807, 2.05) is 30.3 Å². The molecule has 5 nitrogen and oxygen atoms in total. The largest absolute Gasteiger partial charge is 0.457 e. The van der Waals surface area contributed by atoms with Gasteiger partial charge in [-0.2, -0.15) is 0 Å². The summed E-state index contributed by atoms with van der Waals surface area (Å²) in [5.41, 5.74) is 0.492. The average molecular weight is 307 g/mol. The first-order valence-corrected chi connectivity index (χ1v) is 8.07.